The number of amides is 1. The smallest absolute Gasteiger partial charge is 0.309 e. The lowest BCUT2D eigenvalue weighted by Gasteiger charge is -2.73. The van der Waals surface area contributed by atoms with Crippen LogP contribution in [0.4, 0.5) is 0 Å². The van der Waals surface area contributed by atoms with Crippen LogP contribution in [0.2, 0.25) is 0 Å². The van der Waals surface area contributed by atoms with Crippen LogP contribution in [0.1, 0.15) is 116 Å². The Balaban J connectivity index is 1.30. The molecular weight excluding hydrogens is 510 g/mol. The summed E-state index contributed by atoms with van der Waals surface area (Å²) in [6, 6.07) is 0.104. The highest BCUT2D eigenvalue weighted by molar-refractivity contribution is 5.92. The minimum absolute atomic E-state index is 0.0362. The van der Waals surface area contributed by atoms with E-state index in [2.05, 4.69) is 63.4 Å². The first kappa shape index (κ1) is 28.9. The number of hydrogen-bond acceptors (Lipinski definition) is 4. The predicted molar refractivity (Wildman–Crippen MR) is 160 cm³/mol. The summed E-state index contributed by atoms with van der Waals surface area (Å²) in [6.45, 7) is 19.0. The zero-order valence-corrected chi connectivity index (χ0v) is 26.1. The van der Waals surface area contributed by atoms with Gasteiger partial charge in [-0.25, -0.2) is 4.98 Å². The van der Waals surface area contributed by atoms with Gasteiger partial charge in [0, 0.05) is 18.4 Å². The van der Waals surface area contributed by atoms with Crippen molar-refractivity contribution < 1.29 is 14.7 Å². The normalized spacial score (nSPS) is 46.3. The van der Waals surface area contributed by atoms with E-state index < -0.39 is 11.4 Å². The highest BCUT2D eigenvalue weighted by Gasteiger charge is 2.72. The van der Waals surface area contributed by atoms with Gasteiger partial charge in [-0.1, -0.05) is 46.8 Å². The maximum atomic E-state index is 13.1. The van der Waals surface area contributed by atoms with E-state index in [1.165, 1.54) is 18.4 Å². The van der Waals surface area contributed by atoms with Crippen LogP contribution in [-0.4, -0.2) is 33.0 Å². The van der Waals surface area contributed by atoms with Crippen LogP contribution in [0.15, 0.2) is 30.7 Å². The van der Waals surface area contributed by atoms with Crippen LogP contribution in [0.3, 0.4) is 0 Å². The zero-order valence-electron chi connectivity index (χ0n) is 26.1. The van der Waals surface area contributed by atoms with Gasteiger partial charge in [-0.2, -0.15) is 0 Å². The van der Waals surface area contributed by atoms with E-state index in [4.69, 9.17) is 0 Å². The fourth-order valence-corrected chi connectivity index (χ4v) is 12.4. The number of aromatic nitrogens is 2. The van der Waals surface area contributed by atoms with E-state index in [0.717, 1.165) is 51.4 Å². The summed E-state index contributed by atoms with van der Waals surface area (Å²) in [5, 5.41) is 14.0. The summed E-state index contributed by atoms with van der Waals surface area (Å²) in [7, 11) is 0. The van der Waals surface area contributed by atoms with Crippen LogP contribution < -0.4 is 5.32 Å². The predicted octanol–water partition coefficient (Wildman–Crippen LogP) is 7.32. The molecule has 0 aromatic carbocycles. The van der Waals surface area contributed by atoms with Gasteiger partial charge in [-0.15, -0.1) is 0 Å². The standard InChI is InChI=1S/C35H51N3O3/c1-21(2)22-10-15-35(30(40)41)17-16-33(6)23(28(22)35)8-9-26-32(5)13-12-27(38-29(39)24-20-36-18-19-37-24)31(3,4)25(32)11-14-34(26,33)7/h18-20,22-23,25-28H,1,8-17H2,2-7H3,(H,38,39)(H,40,41)/t22-,23+,25-,26+,27-,28+,32-,33+,34+,35-/m0/s1. The molecule has 224 valence electrons. The van der Waals surface area contributed by atoms with Gasteiger partial charge in [0.15, 0.2) is 0 Å². The van der Waals surface area contributed by atoms with Crippen molar-refractivity contribution in [1.82, 2.24) is 15.3 Å². The number of rotatable bonds is 4. The van der Waals surface area contributed by atoms with Crippen molar-refractivity contribution in [2.24, 2.45) is 56.7 Å². The lowest BCUT2D eigenvalue weighted by atomic mass is 9.32. The van der Waals surface area contributed by atoms with E-state index in [0.29, 0.717) is 29.4 Å². The molecule has 6 nitrogen and oxygen atoms in total. The van der Waals surface area contributed by atoms with E-state index >= 15 is 0 Å². The topological polar surface area (TPSA) is 92.2 Å². The lowest BCUT2D eigenvalue weighted by molar-refractivity contribution is -0.240. The van der Waals surface area contributed by atoms with Gasteiger partial charge in [0.25, 0.3) is 5.91 Å². The summed E-state index contributed by atoms with van der Waals surface area (Å²) in [5.41, 5.74) is 1.48. The number of nitrogens with one attached hydrogen (secondary N) is 1. The number of carbonyl (C=O) groups excluding carboxylic acids is 1. The number of aliphatic carboxylic acids is 1. The third-order valence-corrected chi connectivity index (χ3v) is 14.6. The SMILES string of the molecule is C=C(C)[C@@H]1CC[C@]2(C(=O)O)CC[C@]3(C)[C@H](CC[C@@H]4[C@@]5(C)CC[C@H](NC(=O)c6cnccn6)C(C)(C)[C@@H]5CC[C@]43C)[C@@H]12. The summed E-state index contributed by atoms with van der Waals surface area (Å²) in [6.07, 6.45) is 15.1. The van der Waals surface area contributed by atoms with Crippen molar-refractivity contribution in [2.75, 3.05) is 0 Å². The Morgan fingerprint density at radius 1 is 0.902 bits per heavy atom. The number of carboxylic acids is 1. The van der Waals surface area contributed by atoms with Crippen LogP contribution >= 0.6 is 0 Å². The van der Waals surface area contributed by atoms with E-state index in [9.17, 15) is 14.7 Å². The number of hydrogen-bond donors (Lipinski definition) is 2. The minimum atomic E-state index is -0.570. The minimum Gasteiger partial charge on any atom is -0.481 e. The Morgan fingerprint density at radius 2 is 1.66 bits per heavy atom. The average molecular weight is 562 g/mol. The van der Waals surface area contributed by atoms with Crippen molar-refractivity contribution in [3.8, 4) is 0 Å². The number of fused-ring (bicyclic) bond motifs is 7. The fraction of sp³-hybridized carbons (Fsp3) is 0.771. The lowest BCUT2D eigenvalue weighted by Crippen LogP contribution is -2.68. The van der Waals surface area contributed by atoms with E-state index in [-0.39, 0.29) is 39.5 Å². The molecular formula is C35H51N3O3. The number of nitrogens with zero attached hydrogens (tertiary/aromatic N) is 2. The van der Waals surface area contributed by atoms with E-state index in [1.54, 1.807) is 18.6 Å². The van der Waals surface area contributed by atoms with Gasteiger partial charge in [0.05, 0.1) is 11.6 Å². The van der Waals surface area contributed by atoms with Crippen LogP contribution in [0, 0.1) is 56.7 Å². The molecule has 5 fully saturated rings. The second-order valence-electron chi connectivity index (χ2n) is 16.1. The molecule has 2 N–H and O–H groups in total. The van der Waals surface area contributed by atoms with Gasteiger partial charge in [-0.3, -0.25) is 14.6 Å². The van der Waals surface area contributed by atoms with Crippen molar-refractivity contribution in [2.45, 2.75) is 112 Å². The van der Waals surface area contributed by atoms with Crippen LogP contribution in [0.25, 0.3) is 0 Å². The summed E-state index contributed by atoms with van der Waals surface area (Å²) < 4.78 is 0. The molecule has 0 aliphatic heterocycles. The molecule has 1 aromatic heterocycles. The maximum Gasteiger partial charge on any atom is 0.309 e. The first-order chi connectivity index (χ1) is 19.2. The monoisotopic (exact) mass is 561 g/mol. The molecule has 6 rings (SSSR count). The van der Waals surface area contributed by atoms with Gasteiger partial charge in [0.2, 0.25) is 0 Å². The molecule has 6 heteroatoms. The molecule has 1 heterocycles. The van der Waals surface area contributed by atoms with Crippen molar-refractivity contribution in [1.29, 1.82) is 0 Å². The van der Waals surface area contributed by atoms with Crippen LogP contribution in [0.5, 0.6) is 0 Å². The Morgan fingerprint density at radius 3 is 2.32 bits per heavy atom. The van der Waals surface area contributed by atoms with Crippen molar-refractivity contribution in [3.63, 3.8) is 0 Å². The Bertz CT molecular complexity index is 1250. The molecule has 5 aliphatic rings. The second kappa shape index (κ2) is 9.38. The quantitative estimate of drug-likeness (QED) is 0.376. The first-order valence-electron chi connectivity index (χ1n) is 16.2. The molecule has 0 spiro atoms. The third-order valence-electron chi connectivity index (χ3n) is 14.6. The highest BCUT2D eigenvalue weighted by atomic mass is 16.4. The Labute approximate surface area is 246 Å². The fourth-order valence-electron chi connectivity index (χ4n) is 12.4. The summed E-state index contributed by atoms with van der Waals surface area (Å²) >= 11 is 0. The molecule has 0 saturated heterocycles. The first-order valence-corrected chi connectivity index (χ1v) is 16.2. The largest absolute Gasteiger partial charge is 0.481 e. The zero-order chi connectivity index (χ0) is 29.6. The van der Waals surface area contributed by atoms with Crippen LogP contribution in [-0.2, 0) is 4.79 Å². The Hall–Kier alpha value is -2.24. The Kier molecular flexibility index (Phi) is 6.60. The van der Waals surface area contributed by atoms with Gasteiger partial charge in [-0.05, 0) is 122 Å². The summed E-state index contributed by atoms with van der Waals surface area (Å²) in [4.78, 5) is 34.3. The highest BCUT2D eigenvalue weighted by Crippen LogP contribution is 2.77. The molecule has 5 saturated carbocycles. The van der Waals surface area contributed by atoms with Crippen molar-refractivity contribution >= 4 is 11.9 Å². The van der Waals surface area contributed by atoms with Gasteiger partial charge in [0.1, 0.15) is 5.69 Å². The summed E-state index contributed by atoms with van der Waals surface area (Å²) in [5.74, 6) is 1.42. The molecule has 0 bridgehead atoms. The molecule has 0 unspecified atom stereocenters. The number of carbonyl (C=O) groups is 2. The number of carboxylic acid groups (broad SMARTS) is 1. The molecule has 10 atom stereocenters. The molecule has 41 heavy (non-hydrogen) atoms. The van der Waals surface area contributed by atoms with E-state index in [1.807, 2.05) is 0 Å². The molecule has 0 radical (unpaired) electrons. The molecule has 1 aromatic rings. The third kappa shape index (κ3) is 3.80. The number of allylic oxidation sites excluding steroid dienone is 1. The maximum absolute atomic E-state index is 13.1. The van der Waals surface area contributed by atoms with Gasteiger partial charge < -0.3 is 10.4 Å². The molecule has 1 amide bonds. The van der Waals surface area contributed by atoms with Gasteiger partial charge >= 0.3 is 5.97 Å². The second-order valence-corrected chi connectivity index (χ2v) is 16.1. The van der Waals surface area contributed by atoms with Crippen molar-refractivity contribution in [3.05, 3.63) is 36.4 Å². The molecule has 5 aliphatic carbocycles. The average Bonchev–Trinajstić information content (AvgIpc) is 3.33.